The number of aliphatic hydroxyl groups excluding tert-OH is 1. The molecule has 30 heavy (non-hydrogen) atoms. The van der Waals surface area contributed by atoms with Gasteiger partial charge in [-0.2, -0.15) is 0 Å². The molecule has 0 aliphatic carbocycles. The van der Waals surface area contributed by atoms with Crippen LogP contribution in [-0.4, -0.2) is 53.8 Å². The molecule has 154 valence electrons. The van der Waals surface area contributed by atoms with Crippen molar-refractivity contribution in [3.63, 3.8) is 0 Å². The van der Waals surface area contributed by atoms with E-state index in [1.54, 1.807) is 18.2 Å². The molecule has 7 heteroatoms. The monoisotopic (exact) mass is 408 g/mol. The third-order valence-electron chi connectivity index (χ3n) is 5.17. The van der Waals surface area contributed by atoms with Crippen molar-refractivity contribution in [3.8, 4) is 0 Å². The predicted molar refractivity (Wildman–Crippen MR) is 110 cm³/mol. The number of nitrogens with zero attached hydrogens (tertiary/aromatic N) is 2. The Bertz CT molecular complexity index is 1110. The lowest BCUT2D eigenvalue weighted by Gasteiger charge is -2.27. The van der Waals surface area contributed by atoms with Crippen LogP contribution in [-0.2, 0) is 4.79 Å². The molecule has 0 saturated carbocycles. The van der Waals surface area contributed by atoms with E-state index >= 15 is 0 Å². The van der Waals surface area contributed by atoms with Crippen LogP contribution in [0.15, 0.2) is 70.3 Å². The first-order valence-corrected chi connectivity index (χ1v) is 9.54. The summed E-state index contributed by atoms with van der Waals surface area (Å²) in [7, 11) is 3.72. The highest BCUT2D eigenvalue weighted by Crippen LogP contribution is 2.39. The fourth-order valence-corrected chi connectivity index (χ4v) is 3.64. The summed E-state index contributed by atoms with van der Waals surface area (Å²) in [5.41, 5.74) is 1.00. The Morgan fingerprint density at radius 2 is 1.87 bits per heavy atom. The highest BCUT2D eigenvalue weighted by molar-refractivity contribution is 6.16. The average Bonchev–Trinajstić information content (AvgIpc) is 3.26. The molecule has 1 N–H and O–H groups in total. The minimum absolute atomic E-state index is 0.0344. The zero-order valence-corrected chi connectivity index (χ0v) is 16.6. The first-order valence-electron chi connectivity index (χ1n) is 9.54. The van der Waals surface area contributed by atoms with Crippen LogP contribution in [0.5, 0.6) is 0 Å². The number of benzene rings is 2. The first kappa shape index (κ1) is 19.8. The molecular formula is C23H21FN2O4. The lowest BCUT2D eigenvalue weighted by atomic mass is 9.95. The smallest absolute Gasteiger partial charge is 0.290 e. The zero-order chi connectivity index (χ0) is 21.4. The maximum absolute atomic E-state index is 13.5. The van der Waals surface area contributed by atoms with Gasteiger partial charge < -0.3 is 19.3 Å². The minimum Gasteiger partial charge on any atom is -0.503 e. The van der Waals surface area contributed by atoms with Crippen molar-refractivity contribution in [2.45, 2.75) is 6.04 Å². The SMILES string of the molecule is CN(C)CCN1C(=O)C(O)=C(C(=O)c2cc3ccccc3o2)[C@H]1c1ccc(F)cc1. The van der Waals surface area contributed by atoms with Crippen LogP contribution in [0.1, 0.15) is 22.2 Å². The number of aliphatic hydroxyl groups is 1. The fourth-order valence-electron chi connectivity index (χ4n) is 3.64. The van der Waals surface area contributed by atoms with Crippen LogP contribution >= 0.6 is 0 Å². The van der Waals surface area contributed by atoms with E-state index in [4.69, 9.17) is 4.42 Å². The highest BCUT2D eigenvalue weighted by atomic mass is 19.1. The van der Waals surface area contributed by atoms with Crippen molar-refractivity contribution in [1.82, 2.24) is 9.80 Å². The quantitative estimate of drug-likeness (QED) is 0.630. The number of ketones is 1. The molecule has 0 fully saturated rings. The number of carbonyl (C=O) groups excluding carboxylic acids is 2. The van der Waals surface area contributed by atoms with E-state index in [9.17, 15) is 19.1 Å². The van der Waals surface area contributed by atoms with Gasteiger partial charge in [-0.1, -0.05) is 30.3 Å². The maximum Gasteiger partial charge on any atom is 0.290 e. The van der Waals surface area contributed by atoms with Crippen LogP contribution in [0, 0.1) is 5.82 Å². The molecule has 0 saturated heterocycles. The third kappa shape index (κ3) is 3.48. The summed E-state index contributed by atoms with van der Waals surface area (Å²) >= 11 is 0. The molecule has 1 atom stereocenters. The summed E-state index contributed by atoms with van der Waals surface area (Å²) in [6, 6.07) is 13.5. The molecule has 2 aromatic carbocycles. The Morgan fingerprint density at radius 3 is 2.53 bits per heavy atom. The molecule has 0 bridgehead atoms. The summed E-state index contributed by atoms with van der Waals surface area (Å²) in [6.07, 6.45) is 0. The van der Waals surface area contributed by atoms with Crippen molar-refractivity contribution in [3.05, 3.63) is 83.1 Å². The van der Waals surface area contributed by atoms with E-state index < -0.39 is 29.3 Å². The van der Waals surface area contributed by atoms with Crippen LogP contribution in [0.3, 0.4) is 0 Å². The normalized spacial score (nSPS) is 16.9. The molecule has 1 aromatic heterocycles. The molecule has 1 amide bonds. The Morgan fingerprint density at radius 1 is 1.17 bits per heavy atom. The number of amides is 1. The van der Waals surface area contributed by atoms with Gasteiger partial charge >= 0.3 is 0 Å². The summed E-state index contributed by atoms with van der Waals surface area (Å²) in [4.78, 5) is 29.5. The van der Waals surface area contributed by atoms with E-state index in [0.29, 0.717) is 17.7 Å². The second kappa shape index (κ2) is 7.76. The van der Waals surface area contributed by atoms with E-state index in [0.717, 1.165) is 5.39 Å². The second-order valence-corrected chi connectivity index (χ2v) is 7.50. The average molecular weight is 408 g/mol. The molecule has 1 aliphatic heterocycles. The molecule has 0 unspecified atom stereocenters. The Balaban J connectivity index is 1.78. The van der Waals surface area contributed by atoms with E-state index in [2.05, 4.69) is 0 Å². The van der Waals surface area contributed by atoms with Crippen molar-refractivity contribution in [2.24, 2.45) is 0 Å². The fraction of sp³-hybridized carbons (Fsp3) is 0.217. The lowest BCUT2D eigenvalue weighted by Crippen LogP contribution is -2.36. The van der Waals surface area contributed by atoms with Gasteiger partial charge in [0.1, 0.15) is 11.4 Å². The minimum atomic E-state index is -0.834. The highest BCUT2D eigenvalue weighted by Gasteiger charge is 2.44. The van der Waals surface area contributed by atoms with Gasteiger partial charge in [-0.25, -0.2) is 4.39 Å². The number of furan rings is 1. The van der Waals surface area contributed by atoms with Gasteiger partial charge in [0.05, 0.1) is 11.6 Å². The molecule has 6 nitrogen and oxygen atoms in total. The van der Waals surface area contributed by atoms with Gasteiger partial charge in [0, 0.05) is 18.5 Å². The van der Waals surface area contributed by atoms with E-state index in [1.165, 1.54) is 29.2 Å². The number of hydrogen-bond donors (Lipinski definition) is 1. The molecule has 3 aromatic rings. The van der Waals surface area contributed by atoms with E-state index in [-0.39, 0.29) is 17.9 Å². The zero-order valence-electron chi connectivity index (χ0n) is 16.6. The van der Waals surface area contributed by atoms with Crippen molar-refractivity contribution in [2.75, 3.05) is 27.2 Å². The maximum atomic E-state index is 13.5. The number of para-hydroxylation sites is 1. The van der Waals surface area contributed by atoms with Gasteiger partial charge in [0.25, 0.3) is 5.91 Å². The number of fused-ring (bicyclic) bond motifs is 1. The standard InChI is InChI=1S/C23H21FN2O4/c1-25(2)11-12-26-20(14-7-9-16(24)10-8-14)19(22(28)23(26)29)21(27)18-13-15-5-3-4-6-17(15)30-18/h3-10,13,20,28H,11-12H2,1-2H3/t20-/m1/s1. The van der Waals surface area contributed by atoms with Crippen LogP contribution in [0.2, 0.25) is 0 Å². The van der Waals surface area contributed by atoms with Gasteiger partial charge in [-0.05, 0) is 43.9 Å². The molecule has 2 heterocycles. The number of likely N-dealkylation sites (N-methyl/N-ethyl adjacent to an activating group) is 1. The summed E-state index contributed by atoms with van der Waals surface area (Å²) in [6.45, 7) is 0.817. The van der Waals surface area contributed by atoms with Crippen molar-refractivity contribution < 1.29 is 23.5 Å². The lowest BCUT2D eigenvalue weighted by molar-refractivity contribution is -0.129. The van der Waals surface area contributed by atoms with Crippen molar-refractivity contribution >= 4 is 22.7 Å². The molecule has 0 radical (unpaired) electrons. The first-order chi connectivity index (χ1) is 14.4. The molecule has 0 spiro atoms. The topological polar surface area (TPSA) is 74.0 Å². The number of Topliss-reactive ketones (excluding diaryl/α,β-unsaturated/α-hetero) is 1. The largest absolute Gasteiger partial charge is 0.503 e. The Kier molecular flexibility index (Phi) is 5.13. The third-order valence-corrected chi connectivity index (χ3v) is 5.17. The second-order valence-electron chi connectivity index (χ2n) is 7.50. The van der Waals surface area contributed by atoms with Crippen molar-refractivity contribution in [1.29, 1.82) is 0 Å². The van der Waals surface area contributed by atoms with Crippen LogP contribution < -0.4 is 0 Å². The van der Waals surface area contributed by atoms with Crippen LogP contribution in [0.25, 0.3) is 11.0 Å². The van der Waals surface area contributed by atoms with Gasteiger partial charge in [0.2, 0.25) is 5.78 Å². The Hall–Kier alpha value is -3.45. The predicted octanol–water partition coefficient (Wildman–Crippen LogP) is 3.71. The van der Waals surface area contributed by atoms with Gasteiger partial charge in [-0.3, -0.25) is 9.59 Å². The van der Waals surface area contributed by atoms with E-state index in [1.807, 2.05) is 31.1 Å². The summed E-state index contributed by atoms with van der Waals surface area (Å²) in [5, 5.41) is 11.4. The number of halogens is 1. The number of hydrogen-bond acceptors (Lipinski definition) is 5. The molecule has 1 aliphatic rings. The molecule has 4 rings (SSSR count). The van der Waals surface area contributed by atoms with Crippen LogP contribution in [0.4, 0.5) is 4.39 Å². The summed E-state index contributed by atoms with van der Waals surface area (Å²) < 4.78 is 19.2. The molecular weight excluding hydrogens is 387 g/mol. The number of rotatable bonds is 6. The van der Waals surface area contributed by atoms with Gasteiger partial charge in [-0.15, -0.1) is 0 Å². The Labute approximate surface area is 172 Å². The number of carbonyl (C=O) groups is 2. The summed E-state index contributed by atoms with van der Waals surface area (Å²) in [5.74, 6) is -2.20. The van der Waals surface area contributed by atoms with Gasteiger partial charge in [0.15, 0.2) is 11.5 Å².